The zero-order valence-electron chi connectivity index (χ0n) is 17.8. The maximum Gasteiger partial charge on any atom is 0.252 e. The van der Waals surface area contributed by atoms with Gasteiger partial charge in [-0.05, 0) is 45.1 Å². The highest BCUT2D eigenvalue weighted by molar-refractivity contribution is 7.71. The van der Waals surface area contributed by atoms with E-state index in [-0.39, 0.29) is 11.9 Å². The fourth-order valence-electron chi connectivity index (χ4n) is 3.66. The van der Waals surface area contributed by atoms with Crippen molar-refractivity contribution in [2.75, 3.05) is 6.54 Å². The molecule has 2 aromatic heterocycles. The summed E-state index contributed by atoms with van der Waals surface area (Å²) in [5.74, 6) is 0.706. The quantitative estimate of drug-likeness (QED) is 0.421. The first-order valence-corrected chi connectivity index (χ1v) is 10.8. The van der Waals surface area contributed by atoms with Crippen LogP contribution in [0.5, 0.6) is 0 Å². The minimum Gasteiger partial charge on any atom is -0.352 e. The third-order valence-corrected chi connectivity index (χ3v) is 5.52. The molecule has 0 saturated heterocycles. The number of aryl methyl sites for hydroxylation is 1. The molecule has 2 aromatic carbocycles. The van der Waals surface area contributed by atoms with Crippen LogP contribution in [-0.4, -0.2) is 32.2 Å². The SMILES string of the molecule is Cc1ccc(-c2cc(C(=O)NCCc3n[nH]c(=S)n3C(C)C)c3ccccc3n2)cc1. The number of benzene rings is 2. The Kier molecular flexibility index (Phi) is 5.95. The van der Waals surface area contributed by atoms with Gasteiger partial charge >= 0.3 is 0 Å². The van der Waals surface area contributed by atoms with E-state index in [0.29, 0.717) is 23.3 Å². The number of carbonyl (C=O) groups is 1. The van der Waals surface area contributed by atoms with Gasteiger partial charge < -0.3 is 9.88 Å². The summed E-state index contributed by atoms with van der Waals surface area (Å²) in [7, 11) is 0. The van der Waals surface area contributed by atoms with Crippen molar-refractivity contribution in [3.05, 3.63) is 76.3 Å². The van der Waals surface area contributed by atoms with E-state index in [9.17, 15) is 4.79 Å². The molecule has 0 aliphatic rings. The first-order valence-electron chi connectivity index (χ1n) is 10.3. The number of carbonyl (C=O) groups excluding carboxylic acids is 1. The van der Waals surface area contributed by atoms with Gasteiger partial charge in [-0.1, -0.05) is 48.0 Å². The molecule has 1 amide bonds. The Labute approximate surface area is 186 Å². The number of fused-ring (bicyclic) bond motifs is 1. The van der Waals surface area contributed by atoms with Crippen LogP contribution in [0.2, 0.25) is 0 Å². The smallest absolute Gasteiger partial charge is 0.252 e. The maximum atomic E-state index is 13.1. The molecular weight excluding hydrogens is 406 g/mol. The predicted molar refractivity (Wildman–Crippen MR) is 126 cm³/mol. The highest BCUT2D eigenvalue weighted by Crippen LogP contribution is 2.25. The van der Waals surface area contributed by atoms with E-state index in [1.165, 1.54) is 5.56 Å². The Bertz CT molecular complexity index is 1290. The molecule has 7 heteroatoms. The van der Waals surface area contributed by atoms with Crippen LogP contribution in [0.15, 0.2) is 54.6 Å². The van der Waals surface area contributed by atoms with Crippen molar-refractivity contribution < 1.29 is 4.79 Å². The monoisotopic (exact) mass is 431 g/mol. The topological polar surface area (TPSA) is 75.6 Å². The second kappa shape index (κ2) is 8.81. The Morgan fingerprint density at radius 1 is 1.16 bits per heavy atom. The van der Waals surface area contributed by atoms with Crippen molar-refractivity contribution in [3.8, 4) is 11.3 Å². The summed E-state index contributed by atoms with van der Waals surface area (Å²) in [5.41, 5.74) is 4.36. The number of nitrogens with zero attached hydrogens (tertiary/aromatic N) is 3. The third-order valence-electron chi connectivity index (χ3n) is 5.24. The van der Waals surface area contributed by atoms with Gasteiger partial charge in [0.05, 0.1) is 16.8 Å². The Balaban J connectivity index is 1.60. The summed E-state index contributed by atoms with van der Waals surface area (Å²) < 4.78 is 2.57. The normalized spacial score (nSPS) is 11.2. The molecule has 0 radical (unpaired) electrons. The van der Waals surface area contributed by atoms with Gasteiger partial charge in [-0.2, -0.15) is 5.10 Å². The lowest BCUT2D eigenvalue weighted by atomic mass is 10.0. The van der Waals surface area contributed by atoms with Gasteiger partial charge in [-0.25, -0.2) is 4.98 Å². The molecule has 0 fully saturated rings. The maximum absolute atomic E-state index is 13.1. The van der Waals surface area contributed by atoms with Gasteiger partial charge in [0.25, 0.3) is 5.91 Å². The zero-order valence-corrected chi connectivity index (χ0v) is 18.7. The first kappa shape index (κ1) is 20.9. The highest BCUT2D eigenvalue weighted by atomic mass is 32.1. The lowest BCUT2D eigenvalue weighted by Gasteiger charge is -2.12. The summed E-state index contributed by atoms with van der Waals surface area (Å²) in [4.78, 5) is 17.9. The number of aromatic amines is 1. The molecule has 4 aromatic rings. The van der Waals surface area contributed by atoms with E-state index in [1.54, 1.807) is 0 Å². The van der Waals surface area contributed by atoms with Crippen LogP contribution >= 0.6 is 12.2 Å². The number of para-hydroxylation sites is 1. The molecule has 0 aliphatic carbocycles. The number of nitrogens with one attached hydrogen (secondary N) is 2. The first-order chi connectivity index (χ1) is 14.9. The van der Waals surface area contributed by atoms with Crippen molar-refractivity contribution in [2.24, 2.45) is 0 Å². The molecule has 0 spiro atoms. The lowest BCUT2D eigenvalue weighted by Crippen LogP contribution is -2.27. The fraction of sp³-hybridized carbons (Fsp3) is 0.250. The van der Waals surface area contributed by atoms with E-state index in [0.717, 1.165) is 28.0 Å². The molecule has 0 saturated carbocycles. The van der Waals surface area contributed by atoms with Crippen molar-refractivity contribution in [3.63, 3.8) is 0 Å². The summed E-state index contributed by atoms with van der Waals surface area (Å²) in [6, 6.07) is 18.0. The summed E-state index contributed by atoms with van der Waals surface area (Å²) in [6.45, 7) is 6.63. The van der Waals surface area contributed by atoms with Crippen molar-refractivity contribution >= 4 is 29.0 Å². The molecule has 2 heterocycles. The van der Waals surface area contributed by atoms with Crippen molar-refractivity contribution in [1.82, 2.24) is 25.1 Å². The van der Waals surface area contributed by atoms with E-state index in [1.807, 2.05) is 66.1 Å². The highest BCUT2D eigenvalue weighted by Gasteiger charge is 2.15. The van der Waals surface area contributed by atoms with Crippen LogP contribution in [0, 0.1) is 11.7 Å². The van der Waals surface area contributed by atoms with Gasteiger partial charge in [0.15, 0.2) is 4.77 Å². The number of hydrogen-bond donors (Lipinski definition) is 2. The Morgan fingerprint density at radius 2 is 1.90 bits per heavy atom. The number of aromatic nitrogens is 4. The van der Waals surface area contributed by atoms with E-state index >= 15 is 0 Å². The molecule has 0 aliphatic heterocycles. The Hall–Kier alpha value is -3.32. The van der Waals surface area contributed by atoms with Crippen LogP contribution in [0.3, 0.4) is 0 Å². The van der Waals surface area contributed by atoms with Crippen molar-refractivity contribution in [1.29, 1.82) is 0 Å². The van der Waals surface area contributed by atoms with Gasteiger partial charge in [0.2, 0.25) is 0 Å². The Morgan fingerprint density at radius 3 is 2.65 bits per heavy atom. The number of pyridine rings is 1. The zero-order chi connectivity index (χ0) is 22.0. The van der Waals surface area contributed by atoms with Crippen LogP contribution in [0.1, 0.15) is 41.6 Å². The standard InChI is InChI=1S/C24H25N5OS/c1-15(2)29-22(27-28-24(29)31)12-13-25-23(30)19-14-21(17-10-8-16(3)9-11-17)26-20-7-5-4-6-18(19)20/h4-11,14-15H,12-13H2,1-3H3,(H,25,30)(H,28,31). The molecule has 6 nitrogen and oxygen atoms in total. The fourth-order valence-corrected chi connectivity index (χ4v) is 4.03. The van der Waals surface area contributed by atoms with Crippen LogP contribution < -0.4 is 5.32 Å². The second-order valence-corrected chi connectivity index (χ2v) is 8.24. The summed E-state index contributed by atoms with van der Waals surface area (Å²) in [6.07, 6.45) is 0.588. The largest absolute Gasteiger partial charge is 0.352 e. The van der Waals surface area contributed by atoms with Gasteiger partial charge in [-0.3, -0.25) is 9.89 Å². The molecule has 0 bridgehead atoms. The number of H-pyrrole nitrogens is 1. The molecule has 0 atom stereocenters. The second-order valence-electron chi connectivity index (χ2n) is 7.85. The molecule has 31 heavy (non-hydrogen) atoms. The average Bonchev–Trinajstić information content (AvgIpc) is 3.14. The van der Waals surface area contributed by atoms with E-state index in [4.69, 9.17) is 17.2 Å². The number of amides is 1. The number of rotatable bonds is 6. The van der Waals surface area contributed by atoms with E-state index in [2.05, 4.69) is 29.4 Å². The minimum atomic E-state index is -0.128. The molecule has 4 rings (SSSR count). The average molecular weight is 432 g/mol. The minimum absolute atomic E-state index is 0.128. The van der Waals surface area contributed by atoms with Crippen LogP contribution in [-0.2, 0) is 6.42 Å². The van der Waals surface area contributed by atoms with Crippen molar-refractivity contribution in [2.45, 2.75) is 33.2 Å². The van der Waals surface area contributed by atoms with Crippen LogP contribution in [0.4, 0.5) is 0 Å². The van der Waals surface area contributed by atoms with Gasteiger partial charge in [0.1, 0.15) is 5.82 Å². The van der Waals surface area contributed by atoms with Crippen LogP contribution in [0.25, 0.3) is 22.2 Å². The summed E-state index contributed by atoms with van der Waals surface area (Å²) in [5, 5.41) is 11.0. The van der Waals surface area contributed by atoms with Gasteiger partial charge in [0, 0.05) is 30.0 Å². The lowest BCUT2D eigenvalue weighted by molar-refractivity contribution is 0.0955. The third kappa shape index (κ3) is 4.41. The van der Waals surface area contributed by atoms with E-state index < -0.39 is 0 Å². The molecule has 0 unspecified atom stereocenters. The molecule has 2 N–H and O–H groups in total. The number of hydrogen-bond acceptors (Lipinski definition) is 4. The predicted octanol–water partition coefficient (Wildman–Crippen LogP) is 5.02. The van der Waals surface area contributed by atoms with Gasteiger partial charge in [-0.15, -0.1) is 0 Å². The molecular formula is C24H25N5OS. The molecule has 158 valence electrons. The summed E-state index contributed by atoms with van der Waals surface area (Å²) >= 11 is 5.30.